The van der Waals surface area contributed by atoms with Crippen molar-refractivity contribution in [2.45, 2.75) is 90.8 Å². The van der Waals surface area contributed by atoms with Crippen LogP contribution in [-0.4, -0.2) is 101 Å². The molecule has 63 heavy (non-hydrogen) atoms. The fourth-order valence-electron chi connectivity index (χ4n) is 5.50. The number of carboxylic acid groups (broad SMARTS) is 1. The quantitative estimate of drug-likeness (QED) is 0.0252. The van der Waals surface area contributed by atoms with Crippen LogP contribution in [0.1, 0.15) is 94.4 Å². The predicted molar refractivity (Wildman–Crippen MR) is 239 cm³/mol. The molecule has 0 radical (unpaired) electrons. The number of carboxylic acids is 1. The standard InChI is InChI=1S/C43H59N11O9/c1-27(2)53-54-34-16-11-29(25-47-34)39(60)52-42(3,4)19-22-63-43(5,6)18-17-35(55)46-20-8-21-62-32-14-12-30(13-15-32)49-40(61)33(24-37(57)58)51-36(56)26-48-38(59)28-9-7-10-31(23-28)50-41(44)45/h7,9-16,23,25,33H,8,17-22,24,26H2,1-6H3,(H,46,55)(H,47,54)(H,48,59)(H,49,61)(H,51,56)(H,52,60)(H,57,58)(H4,44,45,50)/t33-/m0/s1. The van der Waals surface area contributed by atoms with Crippen molar-refractivity contribution in [3.63, 3.8) is 0 Å². The maximum atomic E-state index is 12.9. The molecule has 0 saturated heterocycles. The highest BCUT2D eigenvalue weighted by molar-refractivity contribution is 6.01. The third-order valence-electron chi connectivity index (χ3n) is 8.92. The molecular formula is C43H59N11O9. The van der Waals surface area contributed by atoms with Gasteiger partial charge in [-0.05, 0) is 115 Å². The van der Waals surface area contributed by atoms with E-state index in [0.29, 0.717) is 67.5 Å². The smallest absolute Gasteiger partial charge is 0.305 e. The topological polar surface area (TPSA) is 300 Å². The van der Waals surface area contributed by atoms with Crippen molar-refractivity contribution >= 4 is 64.4 Å². The van der Waals surface area contributed by atoms with Gasteiger partial charge in [0.2, 0.25) is 17.7 Å². The van der Waals surface area contributed by atoms with E-state index in [1.54, 1.807) is 48.5 Å². The molecule has 1 heterocycles. The number of hydrogen-bond donors (Lipinski definition) is 10. The number of aliphatic carboxylic acids is 1. The summed E-state index contributed by atoms with van der Waals surface area (Å²) in [6.07, 6.45) is 2.59. The number of ether oxygens (including phenoxy) is 2. The number of benzene rings is 2. The molecule has 5 amide bonds. The van der Waals surface area contributed by atoms with Crippen LogP contribution < -0.4 is 47.8 Å². The van der Waals surface area contributed by atoms with Crippen molar-refractivity contribution in [2.24, 2.45) is 10.8 Å². The van der Waals surface area contributed by atoms with E-state index in [-0.39, 0.29) is 29.8 Å². The first kappa shape index (κ1) is 50.3. The average Bonchev–Trinajstić information content (AvgIpc) is 3.21. The Morgan fingerprint density at radius 1 is 0.857 bits per heavy atom. The van der Waals surface area contributed by atoms with Crippen LogP contribution in [0.25, 0.3) is 0 Å². The highest BCUT2D eigenvalue weighted by atomic mass is 16.5. The summed E-state index contributed by atoms with van der Waals surface area (Å²) in [5.74, 6) is -3.20. The van der Waals surface area contributed by atoms with E-state index in [0.717, 1.165) is 5.71 Å². The van der Waals surface area contributed by atoms with Crippen molar-refractivity contribution in [2.75, 3.05) is 42.4 Å². The van der Waals surface area contributed by atoms with E-state index >= 15 is 0 Å². The molecule has 0 unspecified atom stereocenters. The largest absolute Gasteiger partial charge is 0.494 e. The van der Waals surface area contributed by atoms with Crippen LogP contribution in [0.2, 0.25) is 0 Å². The van der Waals surface area contributed by atoms with Gasteiger partial charge in [-0.15, -0.1) is 0 Å². The van der Waals surface area contributed by atoms with Crippen LogP contribution in [0.5, 0.6) is 5.75 Å². The summed E-state index contributed by atoms with van der Waals surface area (Å²) in [6, 6.07) is 14.3. The van der Waals surface area contributed by atoms with Crippen LogP contribution in [0.15, 0.2) is 72.0 Å². The van der Waals surface area contributed by atoms with E-state index in [1.165, 1.54) is 18.3 Å². The fraction of sp³-hybridized carbons (Fsp3) is 0.419. The van der Waals surface area contributed by atoms with Gasteiger partial charge in [0.25, 0.3) is 11.8 Å². The van der Waals surface area contributed by atoms with Crippen LogP contribution in [0.3, 0.4) is 0 Å². The van der Waals surface area contributed by atoms with Gasteiger partial charge in [0.1, 0.15) is 17.6 Å². The van der Waals surface area contributed by atoms with Crippen LogP contribution >= 0.6 is 0 Å². The van der Waals surface area contributed by atoms with Crippen molar-refractivity contribution in [1.29, 1.82) is 5.41 Å². The summed E-state index contributed by atoms with van der Waals surface area (Å²) in [6.45, 7) is 11.9. The zero-order valence-electron chi connectivity index (χ0n) is 36.5. The summed E-state index contributed by atoms with van der Waals surface area (Å²) in [5, 5.41) is 36.5. The summed E-state index contributed by atoms with van der Waals surface area (Å²) in [7, 11) is 0. The number of nitrogens with one attached hydrogen (secondary N) is 8. The minimum atomic E-state index is -1.44. The first-order valence-corrected chi connectivity index (χ1v) is 20.2. The molecule has 1 aromatic heterocycles. The third kappa shape index (κ3) is 19.9. The Bertz CT molecular complexity index is 2090. The Hall–Kier alpha value is -7.09. The fourth-order valence-corrected chi connectivity index (χ4v) is 5.50. The second-order valence-corrected chi connectivity index (χ2v) is 15.9. The molecule has 3 aromatic rings. The van der Waals surface area contributed by atoms with Gasteiger partial charge in [-0.25, -0.2) is 4.98 Å². The number of hydrogen-bond acceptors (Lipinski definition) is 12. The lowest BCUT2D eigenvalue weighted by molar-refractivity contribution is -0.139. The number of carbonyl (C=O) groups excluding carboxylic acids is 5. The molecule has 20 heteroatoms. The number of aromatic nitrogens is 1. The van der Waals surface area contributed by atoms with E-state index in [1.807, 2.05) is 41.5 Å². The summed E-state index contributed by atoms with van der Waals surface area (Å²) < 4.78 is 11.8. The third-order valence-corrected chi connectivity index (χ3v) is 8.92. The lowest BCUT2D eigenvalue weighted by Crippen LogP contribution is -2.48. The molecule has 0 fully saturated rings. The molecular weight excluding hydrogens is 815 g/mol. The second kappa shape index (κ2) is 24.4. The molecule has 0 aliphatic carbocycles. The number of anilines is 3. The number of carbonyl (C=O) groups is 6. The summed E-state index contributed by atoms with van der Waals surface area (Å²) in [4.78, 5) is 79.1. The van der Waals surface area contributed by atoms with Gasteiger partial charge in [-0.3, -0.25) is 39.6 Å². The van der Waals surface area contributed by atoms with Crippen LogP contribution in [-0.2, 0) is 23.9 Å². The lowest BCUT2D eigenvalue weighted by Gasteiger charge is -2.30. The van der Waals surface area contributed by atoms with Gasteiger partial charge in [0, 0.05) is 54.0 Å². The maximum Gasteiger partial charge on any atom is 0.305 e. The molecule has 0 saturated carbocycles. The molecule has 0 aliphatic rings. The number of hydrazone groups is 1. The number of amides is 5. The van der Waals surface area contributed by atoms with E-state index < -0.39 is 53.8 Å². The van der Waals surface area contributed by atoms with Crippen molar-refractivity contribution in [1.82, 2.24) is 26.3 Å². The van der Waals surface area contributed by atoms with Gasteiger partial charge in [0.05, 0.1) is 30.7 Å². The Kier molecular flexibility index (Phi) is 19.5. The molecule has 0 spiro atoms. The Labute approximate surface area is 366 Å². The molecule has 0 bridgehead atoms. The number of nitrogens with zero attached hydrogens (tertiary/aromatic N) is 2. The van der Waals surface area contributed by atoms with Gasteiger partial charge in [0.15, 0.2) is 5.96 Å². The van der Waals surface area contributed by atoms with Crippen molar-refractivity contribution in [3.05, 3.63) is 78.0 Å². The first-order valence-electron chi connectivity index (χ1n) is 20.2. The van der Waals surface area contributed by atoms with Crippen molar-refractivity contribution < 1.29 is 43.3 Å². The second-order valence-electron chi connectivity index (χ2n) is 15.9. The lowest BCUT2D eigenvalue weighted by atomic mass is 9.99. The monoisotopic (exact) mass is 873 g/mol. The summed E-state index contributed by atoms with van der Waals surface area (Å²) in [5.41, 5.74) is 9.16. The van der Waals surface area contributed by atoms with Crippen molar-refractivity contribution in [3.8, 4) is 5.75 Å². The number of pyridine rings is 1. The number of nitrogens with two attached hydrogens (primary N) is 1. The number of rotatable bonds is 25. The first-order chi connectivity index (χ1) is 29.7. The molecule has 3 rings (SSSR count). The Balaban J connectivity index is 1.32. The van der Waals surface area contributed by atoms with E-state index in [4.69, 9.17) is 20.6 Å². The molecule has 2 aromatic carbocycles. The molecule has 1 atom stereocenters. The molecule has 20 nitrogen and oxygen atoms in total. The highest BCUT2D eigenvalue weighted by Crippen LogP contribution is 2.20. The Morgan fingerprint density at radius 3 is 2.24 bits per heavy atom. The summed E-state index contributed by atoms with van der Waals surface area (Å²) >= 11 is 0. The SMILES string of the molecule is CC(C)=NNc1ccc(C(=O)NC(C)(C)CCOC(C)(C)CCC(=O)NCCCOc2ccc(NC(=O)[C@H](CC(=O)O)NC(=O)CNC(=O)c3cccc(NC(=N)N)c3)cc2)cn1. The maximum absolute atomic E-state index is 12.9. The zero-order chi connectivity index (χ0) is 46.6. The predicted octanol–water partition coefficient (Wildman–Crippen LogP) is 3.58. The molecule has 11 N–H and O–H groups in total. The zero-order valence-corrected chi connectivity index (χ0v) is 36.5. The molecule has 340 valence electrons. The minimum Gasteiger partial charge on any atom is -0.494 e. The van der Waals surface area contributed by atoms with Crippen LogP contribution in [0, 0.1) is 5.41 Å². The van der Waals surface area contributed by atoms with Gasteiger partial charge >= 0.3 is 5.97 Å². The van der Waals surface area contributed by atoms with Crippen LogP contribution in [0.4, 0.5) is 17.2 Å². The average molecular weight is 874 g/mol. The van der Waals surface area contributed by atoms with Gasteiger partial charge in [-0.2, -0.15) is 5.10 Å². The highest BCUT2D eigenvalue weighted by Gasteiger charge is 2.26. The minimum absolute atomic E-state index is 0.126. The normalized spacial score (nSPS) is 11.5. The van der Waals surface area contributed by atoms with Gasteiger partial charge in [-0.1, -0.05) is 6.07 Å². The van der Waals surface area contributed by atoms with E-state index in [9.17, 15) is 33.9 Å². The Morgan fingerprint density at radius 2 is 1.59 bits per heavy atom. The number of guanidine groups is 1. The van der Waals surface area contributed by atoms with Gasteiger partial charge < -0.3 is 52.2 Å². The molecule has 0 aliphatic heterocycles. The van der Waals surface area contributed by atoms with E-state index in [2.05, 4.69) is 47.4 Å².